The average Bonchev–Trinajstić information content (AvgIpc) is 3.19. The number of hydrogen-bond acceptors (Lipinski definition) is 3. The van der Waals surface area contributed by atoms with E-state index in [1.807, 2.05) is 29.2 Å². The summed E-state index contributed by atoms with van der Waals surface area (Å²) in [4.78, 5) is 16.1. The van der Waals surface area contributed by atoms with Gasteiger partial charge in [0.15, 0.2) is 0 Å². The number of halogens is 1. The SMILES string of the molecule is Cc1ccsc1CN(C[C@@H]1CCCO1)C(=O)c1ccc(Br)cc1. The molecule has 3 rings (SSSR count). The minimum atomic E-state index is 0.0702. The quantitative estimate of drug-likeness (QED) is 0.740. The van der Waals surface area contributed by atoms with E-state index < -0.39 is 0 Å². The van der Waals surface area contributed by atoms with E-state index >= 15 is 0 Å². The monoisotopic (exact) mass is 393 g/mol. The Morgan fingerprint density at radius 3 is 2.74 bits per heavy atom. The molecule has 1 saturated heterocycles. The molecule has 1 aliphatic rings. The molecule has 2 heterocycles. The smallest absolute Gasteiger partial charge is 0.254 e. The van der Waals surface area contributed by atoms with E-state index in [0.29, 0.717) is 13.1 Å². The first-order chi connectivity index (χ1) is 11.1. The van der Waals surface area contributed by atoms with Crippen molar-refractivity contribution in [2.45, 2.75) is 32.4 Å². The van der Waals surface area contributed by atoms with Crippen LogP contribution in [0.15, 0.2) is 40.2 Å². The normalized spacial score (nSPS) is 17.4. The predicted octanol–water partition coefficient (Wildman–Crippen LogP) is 4.64. The fourth-order valence-corrected chi connectivity index (χ4v) is 3.95. The van der Waals surface area contributed by atoms with Crippen LogP contribution in [0.2, 0.25) is 0 Å². The van der Waals surface area contributed by atoms with Crippen molar-refractivity contribution in [3.05, 3.63) is 56.2 Å². The summed E-state index contributed by atoms with van der Waals surface area (Å²) in [5, 5.41) is 2.08. The molecule has 1 atom stereocenters. The van der Waals surface area contributed by atoms with Crippen LogP contribution in [-0.4, -0.2) is 30.1 Å². The number of ether oxygens (including phenoxy) is 1. The van der Waals surface area contributed by atoms with Gasteiger partial charge in [-0.1, -0.05) is 15.9 Å². The summed E-state index contributed by atoms with van der Waals surface area (Å²) in [7, 11) is 0. The second-order valence-electron chi connectivity index (χ2n) is 5.85. The van der Waals surface area contributed by atoms with Crippen LogP contribution in [-0.2, 0) is 11.3 Å². The molecule has 3 nitrogen and oxygen atoms in total. The number of thiophene rings is 1. The van der Waals surface area contributed by atoms with Gasteiger partial charge in [0.1, 0.15) is 0 Å². The lowest BCUT2D eigenvalue weighted by Crippen LogP contribution is -2.36. The van der Waals surface area contributed by atoms with Gasteiger partial charge < -0.3 is 9.64 Å². The van der Waals surface area contributed by atoms with E-state index in [-0.39, 0.29) is 12.0 Å². The van der Waals surface area contributed by atoms with Crippen LogP contribution in [0.1, 0.15) is 33.6 Å². The number of nitrogens with zero attached hydrogens (tertiary/aromatic N) is 1. The highest BCUT2D eigenvalue weighted by molar-refractivity contribution is 9.10. The number of benzene rings is 1. The zero-order valence-electron chi connectivity index (χ0n) is 13.1. The number of amides is 1. The van der Waals surface area contributed by atoms with Crippen LogP contribution < -0.4 is 0 Å². The van der Waals surface area contributed by atoms with Crippen LogP contribution in [0, 0.1) is 6.92 Å². The number of carbonyl (C=O) groups excluding carboxylic acids is 1. The van der Waals surface area contributed by atoms with Gasteiger partial charge >= 0.3 is 0 Å². The van der Waals surface area contributed by atoms with Gasteiger partial charge in [0.25, 0.3) is 5.91 Å². The zero-order valence-corrected chi connectivity index (χ0v) is 15.5. The molecule has 1 fully saturated rings. The second-order valence-corrected chi connectivity index (χ2v) is 7.77. The molecule has 1 aromatic heterocycles. The van der Waals surface area contributed by atoms with E-state index in [0.717, 1.165) is 29.5 Å². The van der Waals surface area contributed by atoms with E-state index in [9.17, 15) is 4.79 Å². The van der Waals surface area contributed by atoms with Gasteiger partial charge in [-0.25, -0.2) is 0 Å². The Bertz CT molecular complexity index is 662. The van der Waals surface area contributed by atoms with E-state index in [2.05, 4.69) is 34.3 Å². The summed E-state index contributed by atoms with van der Waals surface area (Å²) < 4.78 is 6.72. The van der Waals surface area contributed by atoms with E-state index in [4.69, 9.17) is 4.74 Å². The van der Waals surface area contributed by atoms with Crippen LogP contribution in [0.25, 0.3) is 0 Å². The van der Waals surface area contributed by atoms with Crippen LogP contribution in [0.3, 0.4) is 0 Å². The molecule has 5 heteroatoms. The molecule has 0 spiro atoms. The third kappa shape index (κ3) is 4.22. The summed E-state index contributed by atoms with van der Waals surface area (Å²) in [5.74, 6) is 0.0702. The van der Waals surface area contributed by atoms with Crippen molar-refractivity contribution in [2.75, 3.05) is 13.2 Å². The van der Waals surface area contributed by atoms with Crippen molar-refractivity contribution in [3.63, 3.8) is 0 Å². The lowest BCUT2D eigenvalue weighted by atomic mass is 10.1. The third-order valence-electron chi connectivity index (χ3n) is 4.13. The Morgan fingerprint density at radius 1 is 1.35 bits per heavy atom. The minimum Gasteiger partial charge on any atom is -0.376 e. The third-order valence-corrected chi connectivity index (χ3v) is 5.67. The molecule has 1 amide bonds. The van der Waals surface area contributed by atoms with Gasteiger partial charge in [0.05, 0.1) is 12.6 Å². The molecule has 0 bridgehead atoms. The predicted molar refractivity (Wildman–Crippen MR) is 96.9 cm³/mol. The average molecular weight is 394 g/mol. The van der Waals surface area contributed by atoms with Gasteiger partial charge in [-0.15, -0.1) is 11.3 Å². The van der Waals surface area contributed by atoms with Crippen molar-refractivity contribution >= 4 is 33.2 Å². The van der Waals surface area contributed by atoms with Crippen LogP contribution >= 0.6 is 27.3 Å². The van der Waals surface area contributed by atoms with Gasteiger partial charge in [-0.05, 0) is 61.0 Å². The Balaban J connectivity index is 1.79. The maximum absolute atomic E-state index is 12.9. The first-order valence-electron chi connectivity index (χ1n) is 7.83. The van der Waals surface area contributed by atoms with Crippen molar-refractivity contribution in [1.82, 2.24) is 4.90 Å². The summed E-state index contributed by atoms with van der Waals surface area (Å²) >= 11 is 5.13. The molecule has 2 aromatic rings. The van der Waals surface area contributed by atoms with E-state index in [1.54, 1.807) is 11.3 Å². The molecule has 0 unspecified atom stereocenters. The lowest BCUT2D eigenvalue weighted by molar-refractivity contribution is 0.0509. The molecule has 1 aliphatic heterocycles. The molecule has 122 valence electrons. The van der Waals surface area contributed by atoms with E-state index in [1.165, 1.54) is 10.4 Å². The summed E-state index contributed by atoms with van der Waals surface area (Å²) in [6, 6.07) is 9.67. The zero-order chi connectivity index (χ0) is 16.2. The number of carbonyl (C=O) groups is 1. The van der Waals surface area contributed by atoms with Crippen molar-refractivity contribution in [2.24, 2.45) is 0 Å². The highest BCUT2D eigenvalue weighted by atomic mass is 79.9. The molecule has 23 heavy (non-hydrogen) atoms. The number of hydrogen-bond donors (Lipinski definition) is 0. The largest absolute Gasteiger partial charge is 0.376 e. The Kier molecular flexibility index (Phi) is 5.51. The van der Waals surface area contributed by atoms with Gasteiger partial charge in [0, 0.05) is 28.1 Å². The maximum Gasteiger partial charge on any atom is 0.254 e. The van der Waals surface area contributed by atoms with Gasteiger partial charge in [0.2, 0.25) is 0 Å². The second kappa shape index (κ2) is 7.60. The first-order valence-corrected chi connectivity index (χ1v) is 9.50. The van der Waals surface area contributed by atoms with Gasteiger partial charge in [-0.2, -0.15) is 0 Å². The summed E-state index contributed by atoms with van der Waals surface area (Å²) in [6.07, 6.45) is 2.28. The highest BCUT2D eigenvalue weighted by Gasteiger charge is 2.24. The van der Waals surface area contributed by atoms with Crippen molar-refractivity contribution in [3.8, 4) is 0 Å². The molecule has 0 aliphatic carbocycles. The Morgan fingerprint density at radius 2 is 2.13 bits per heavy atom. The Hall–Kier alpha value is -1.17. The van der Waals surface area contributed by atoms with Gasteiger partial charge in [-0.3, -0.25) is 4.79 Å². The fourth-order valence-electron chi connectivity index (χ4n) is 2.77. The first kappa shape index (κ1) is 16.7. The fraction of sp³-hybridized carbons (Fsp3) is 0.389. The number of aryl methyl sites for hydroxylation is 1. The van der Waals surface area contributed by atoms with Crippen molar-refractivity contribution in [1.29, 1.82) is 0 Å². The van der Waals surface area contributed by atoms with Crippen LogP contribution in [0.4, 0.5) is 0 Å². The summed E-state index contributed by atoms with van der Waals surface area (Å²) in [5.41, 5.74) is 1.97. The highest BCUT2D eigenvalue weighted by Crippen LogP contribution is 2.22. The van der Waals surface area contributed by atoms with Crippen LogP contribution in [0.5, 0.6) is 0 Å². The standard InChI is InChI=1S/C18H20BrNO2S/c1-13-8-10-23-17(13)12-20(11-16-3-2-9-22-16)18(21)14-4-6-15(19)7-5-14/h4-8,10,16H,2-3,9,11-12H2,1H3/t16-/m0/s1. The molecule has 0 radical (unpaired) electrons. The molecule has 0 N–H and O–H groups in total. The topological polar surface area (TPSA) is 29.5 Å². The van der Waals surface area contributed by atoms with Crippen molar-refractivity contribution < 1.29 is 9.53 Å². The summed E-state index contributed by atoms with van der Waals surface area (Å²) in [6.45, 7) is 4.22. The number of rotatable bonds is 5. The molecular formula is C18H20BrNO2S. The molecular weight excluding hydrogens is 374 g/mol. The molecule has 1 aromatic carbocycles. The minimum absolute atomic E-state index is 0.0702. The Labute approximate surface area is 149 Å². The lowest BCUT2D eigenvalue weighted by Gasteiger charge is -2.25. The maximum atomic E-state index is 12.9. The molecule has 0 saturated carbocycles.